The molecule has 1 atom stereocenters. The minimum Gasteiger partial charge on any atom is -0.346 e. The highest BCUT2D eigenvalue weighted by molar-refractivity contribution is 7.94. The molecule has 0 saturated carbocycles. The van der Waals surface area contributed by atoms with E-state index in [0.29, 0.717) is 10.9 Å². The normalized spacial score (nSPS) is 18.6. The SMILES string of the molecule is CN1CCCC1Cn1ccc2cc(C=CS(=O)(=O)c3ccccc3)ccc21. The van der Waals surface area contributed by atoms with Gasteiger partial charge in [0.2, 0.25) is 0 Å². The van der Waals surface area contributed by atoms with E-state index < -0.39 is 9.84 Å². The molecule has 2 heterocycles. The summed E-state index contributed by atoms with van der Waals surface area (Å²) >= 11 is 0. The van der Waals surface area contributed by atoms with Gasteiger partial charge < -0.3 is 9.47 Å². The van der Waals surface area contributed by atoms with Crippen molar-refractivity contribution in [3.05, 3.63) is 71.8 Å². The Morgan fingerprint density at radius 2 is 1.93 bits per heavy atom. The summed E-state index contributed by atoms with van der Waals surface area (Å²) in [4.78, 5) is 2.74. The van der Waals surface area contributed by atoms with E-state index in [1.165, 1.54) is 30.3 Å². The van der Waals surface area contributed by atoms with E-state index in [4.69, 9.17) is 0 Å². The fourth-order valence-electron chi connectivity index (χ4n) is 3.78. The van der Waals surface area contributed by atoms with Crippen LogP contribution in [0.3, 0.4) is 0 Å². The van der Waals surface area contributed by atoms with Gasteiger partial charge in [0.15, 0.2) is 9.84 Å². The summed E-state index contributed by atoms with van der Waals surface area (Å²) in [5, 5.41) is 2.42. The fraction of sp³-hybridized carbons (Fsp3) is 0.273. The molecule has 1 saturated heterocycles. The number of nitrogens with zero attached hydrogens (tertiary/aromatic N) is 2. The minimum atomic E-state index is -3.42. The summed E-state index contributed by atoms with van der Waals surface area (Å²) in [5.74, 6) is 0. The number of rotatable bonds is 5. The zero-order valence-electron chi connectivity index (χ0n) is 15.5. The first-order valence-corrected chi connectivity index (χ1v) is 10.8. The molecule has 5 heteroatoms. The standard InChI is InChI=1S/C22H24N2O2S/c1-23-13-5-6-20(23)17-24-14-11-19-16-18(9-10-22(19)24)12-15-27(25,26)21-7-3-2-4-8-21/h2-4,7-12,14-16,20H,5-6,13,17H2,1H3. The molecule has 0 bridgehead atoms. The molecule has 1 aromatic heterocycles. The number of hydrogen-bond acceptors (Lipinski definition) is 3. The number of fused-ring (bicyclic) bond motifs is 1. The Bertz CT molecular complexity index is 1070. The van der Waals surface area contributed by atoms with Crippen molar-refractivity contribution in [2.24, 2.45) is 0 Å². The first-order valence-electron chi connectivity index (χ1n) is 9.30. The Morgan fingerprint density at radius 1 is 1.11 bits per heavy atom. The van der Waals surface area contributed by atoms with Gasteiger partial charge in [-0.25, -0.2) is 8.42 Å². The van der Waals surface area contributed by atoms with Crippen LogP contribution < -0.4 is 0 Å². The number of aromatic nitrogens is 1. The summed E-state index contributed by atoms with van der Waals surface area (Å²) in [5.41, 5.74) is 2.08. The van der Waals surface area contributed by atoms with Crippen molar-refractivity contribution in [3.8, 4) is 0 Å². The maximum absolute atomic E-state index is 12.4. The predicted molar refractivity (Wildman–Crippen MR) is 110 cm³/mol. The van der Waals surface area contributed by atoms with Crippen LogP contribution in [0.15, 0.2) is 71.1 Å². The molecule has 0 N–H and O–H groups in total. The van der Waals surface area contributed by atoms with Crippen LogP contribution in [0.2, 0.25) is 0 Å². The second-order valence-electron chi connectivity index (χ2n) is 7.22. The van der Waals surface area contributed by atoms with Gasteiger partial charge in [0.1, 0.15) is 0 Å². The van der Waals surface area contributed by atoms with Crippen molar-refractivity contribution in [2.45, 2.75) is 30.3 Å². The molecule has 3 aromatic rings. The van der Waals surface area contributed by atoms with Gasteiger partial charge in [-0.15, -0.1) is 0 Å². The van der Waals surface area contributed by atoms with Crippen LogP contribution >= 0.6 is 0 Å². The Labute approximate surface area is 160 Å². The van der Waals surface area contributed by atoms with Gasteiger partial charge in [-0.3, -0.25) is 0 Å². The van der Waals surface area contributed by atoms with Crippen molar-refractivity contribution in [3.63, 3.8) is 0 Å². The third kappa shape index (κ3) is 3.84. The van der Waals surface area contributed by atoms with E-state index in [1.54, 1.807) is 30.3 Å². The smallest absolute Gasteiger partial charge is 0.199 e. The number of likely N-dealkylation sites (tertiary alicyclic amines) is 1. The van der Waals surface area contributed by atoms with Gasteiger partial charge in [-0.05, 0) is 68.4 Å². The zero-order valence-corrected chi connectivity index (χ0v) is 16.3. The Kier molecular flexibility index (Phi) is 4.89. The van der Waals surface area contributed by atoms with Gasteiger partial charge in [0.25, 0.3) is 0 Å². The van der Waals surface area contributed by atoms with E-state index in [1.807, 2.05) is 18.2 Å². The Balaban J connectivity index is 1.56. The lowest BCUT2D eigenvalue weighted by Gasteiger charge is -2.20. The Hall–Kier alpha value is -2.37. The number of benzene rings is 2. The second kappa shape index (κ2) is 7.33. The van der Waals surface area contributed by atoms with Crippen LogP contribution in [0.25, 0.3) is 17.0 Å². The highest BCUT2D eigenvalue weighted by Crippen LogP contribution is 2.23. The van der Waals surface area contributed by atoms with Crippen LogP contribution in [-0.4, -0.2) is 37.5 Å². The monoisotopic (exact) mass is 380 g/mol. The van der Waals surface area contributed by atoms with Crippen molar-refractivity contribution in [2.75, 3.05) is 13.6 Å². The van der Waals surface area contributed by atoms with Crippen LogP contribution in [-0.2, 0) is 16.4 Å². The lowest BCUT2D eigenvalue weighted by Crippen LogP contribution is -2.28. The van der Waals surface area contributed by atoms with Gasteiger partial charge in [0, 0.05) is 35.1 Å². The Morgan fingerprint density at radius 3 is 2.67 bits per heavy atom. The molecule has 27 heavy (non-hydrogen) atoms. The summed E-state index contributed by atoms with van der Waals surface area (Å²) in [6.45, 7) is 2.17. The molecule has 1 fully saturated rings. The largest absolute Gasteiger partial charge is 0.346 e. The first kappa shape index (κ1) is 18.0. The van der Waals surface area contributed by atoms with E-state index in [9.17, 15) is 8.42 Å². The third-order valence-corrected chi connectivity index (χ3v) is 6.81. The third-order valence-electron chi connectivity index (χ3n) is 5.39. The molecule has 4 rings (SSSR count). The second-order valence-corrected chi connectivity index (χ2v) is 9.06. The molecule has 140 valence electrons. The highest BCUT2D eigenvalue weighted by Gasteiger charge is 2.21. The topological polar surface area (TPSA) is 42.3 Å². The van der Waals surface area contributed by atoms with Gasteiger partial charge in [-0.2, -0.15) is 0 Å². The number of likely N-dealkylation sites (N-methyl/N-ethyl adjacent to an activating group) is 1. The first-order chi connectivity index (χ1) is 13.0. The van der Waals surface area contributed by atoms with E-state index in [2.05, 4.69) is 34.8 Å². The molecule has 4 nitrogen and oxygen atoms in total. The fourth-order valence-corrected chi connectivity index (χ4v) is 4.81. The molecule has 0 radical (unpaired) electrons. The van der Waals surface area contributed by atoms with Gasteiger partial charge >= 0.3 is 0 Å². The lowest BCUT2D eigenvalue weighted by molar-refractivity contribution is 0.284. The van der Waals surface area contributed by atoms with Crippen LogP contribution in [0.4, 0.5) is 0 Å². The van der Waals surface area contributed by atoms with Crippen molar-refractivity contribution < 1.29 is 8.42 Å². The average Bonchev–Trinajstić information content (AvgIpc) is 3.27. The maximum atomic E-state index is 12.4. The van der Waals surface area contributed by atoms with Crippen LogP contribution in [0.1, 0.15) is 18.4 Å². The maximum Gasteiger partial charge on any atom is 0.199 e. The average molecular weight is 381 g/mol. The molecule has 1 aliphatic rings. The number of hydrogen-bond donors (Lipinski definition) is 0. The molecule has 1 aliphatic heterocycles. The van der Waals surface area contributed by atoms with E-state index >= 15 is 0 Å². The molecule has 1 unspecified atom stereocenters. The van der Waals surface area contributed by atoms with E-state index in [-0.39, 0.29) is 0 Å². The highest BCUT2D eigenvalue weighted by atomic mass is 32.2. The summed E-state index contributed by atoms with van der Waals surface area (Å²) in [6, 6.07) is 17.3. The molecule has 0 aliphatic carbocycles. The van der Waals surface area contributed by atoms with Crippen molar-refractivity contribution in [1.82, 2.24) is 9.47 Å². The number of sulfone groups is 1. The molecular formula is C22H24N2O2S. The minimum absolute atomic E-state index is 0.314. The quantitative estimate of drug-likeness (QED) is 0.667. The van der Waals surface area contributed by atoms with Crippen LogP contribution in [0, 0.1) is 0 Å². The molecule has 0 amide bonds. The lowest BCUT2D eigenvalue weighted by atomic mass is 10.1. The molecule has 0 spiro atoms. The predicted octanol–water partition coefficient (Wildman–Crippen LogP) is 4.18. The molecular weight excluding hydrogens is 356 g/mol. The molecule has 2 aromatic carbocycles. The summed E-state index contributed by atoms with van der Waals surface area (Å²) < 4.78 is 27.1. The summed E-state index contributed by atoms with van der Waals surface area (Å²) in [6.07, 6.45) is 6.31. The van der Waals surface area contributed by atoms with Gasteiger partial charge in [-0.1, -0.05) is 24.3 Å². The van der Waals surface area contributed by atoms with Crippen molar-refractivity contribution in [1.29, 1.82) is 0 Å². The van der Waals surface area contributed by atoms with Gasteiger partial charge in [0.05, 0.1) is 4.90 Å². The van der Waals surface area contributed by atoms with Crippen LogP contribution in [0.5, 0.6) is 0 Å². The van der Waals surface area contributed by atoms with Crippen molar-refractivity contribution >= 4 is 26.8 Å². The zero-order chi connectivity index (χ0) is 18.9. The van der Waals surface area contributed by atoms with E-state index in [0.717, 1.165) is 17.5 Å². The summed E-state index contributed by atoms with van der Waals surface area (Å²) in [7, 11) is -1.23.